The minimum absolute atomic E-state index is 0.0911. The molecule has 0 aromatic rings. The summed E-state index contributed by atoms with van der Waals surface area (Å²) in [5.74, 6) is -0.516. The quantitative estimate of drug-likeness (QED) is 0.381. The number of rotatable bonds is 13. The lowest BCUT2D eigenvalue weighted by molar-refractivity contribution is -0.149. The Morgan fingerprint density at radius 2 is 1.04 bits per heavy atom. The fourth-order valence-corrected chi connectivity index (χ4v) is 1.23. The molecule has 6 heteroatoms. The van der Waals surface area contributed by atoms with Gasteiger partial charge in [-0.15, -0.1) is 0 Å². The van der Waals surface area contributed by atoms with E-state index in [-0.39, 0.29) is 25.2 Å². The van der Waals surface area contributed by atoms with Crippen molar-refractivity contribution in [2.45, 2.75) is 59.8 Å². The Balaban J connectivity index is 0. The lowest BCUT2D eigenvalue weighted by atomic mass is 10.4. The molecule has 0 radical (unpaired) electrons. The zero-order chi connectivity index (χ0) is 17.8. The third-order valence-corrected chi connectivity index (χ3v) is 2.36. The first-order valence-electron chi connectivity index (χ1n) is 8.58. The molecule has 0 rings (SSSR count). The van der Waals surface area contributed by atoms with Crippen LogP contribution in [0.15, 0.2) is 0 Å². The molecular weight excluding hydrogens is 300 g/mol. The second kappa shape index (κ2) is 20.9. The molecule has 23 heavy (non-hydrogen) atoms. The van der Waals surface area contributed by atoms with Crippen LogP contribution in [0.4, 0.5) is 0 Å². The monoisotopic (exact) mass is 334 g/mol. The summed E-state index contributed by atoms with van der Waals surface area (Å²) in [6, 6.07) is 0. The Hall–Kier alpha value is -1.14. The SMILES string of the molecule is CCCCOC(=O)COCCC.CCCOCC(=O)OCCC. The molecule has 0 fully saturated rings. The van der Waals surface area contributed by atoms with E-state index in [0.29, 0.717) is 26.4 Å². The lowest BCUT2D eigenvalue weighted by Crippen LogP contribution is -2.13. The van der Waals surface area contributed by atoms with E-state index in [2.05, 4.69) is 6.92 Å². The van der Waals surface area contributed by atoms with E-state index in [4.69, 9.17) is 18.9 Å². The van der Waals surface area contributed by atoms with E-state index in [1.165, 1.54) is 0 Å². The lowest BCUT2D eigenvalue weighted by Gasteiger charge is -2.03. The van der Waals surface area contributed by atoms with E-state index in [0.717, 1.165) is 32.1 Å². The third-order valence-electron chi connectivity index (χ3n) is 2.36. The van der Waals surface area contributed by atoms with E-state index in [1.807, 2.05) is 20.8 Å². The van der Waals surface area contributed by atoms with Gasteiger partial charge in [0, 0.05) is 13.2 Å². The first-order valence-corrected chi connectivity index (χ1v) is 8.58. The van der Waals surface area contributed by atoms with Gasteiger partial charge in [0.05, 0.1) is 13.2 Å². The fourth-order valence-electron chi connectivity index (χ4n) is 1.23. The number of esters is 2. The van der Waals surface area contributed by atoms with Crippen molar-refractivity contribution in [2.24, 2.45) is 0 Å². The van der Waals surface area contributed by atoms with E-state index in [9.17, 15) is 9.59 Å². The second-order valence-electron chi connectivity index (χ2n) is 4.90. The van der Waals surface area contributed by atoms with E-state index >= 15 is 0 Å². The summed E-state index contributed by atoms with van der Waals surface area (Å²) >= 11 is 0. The van der Waals surface area contributed by atoms with Gasteiger partial charge in [0.25, 0.3) is 0 Å². The van der Waals surface area contributed by atoms with Gasteiger partial charge in [0.15, 0.2) is 0 Å². The first kappa shape index (κ1) is 24.1. The van der Waals surface area contributed by atoms with Gasteiger partial charge in [0.1, 0.15) is 13.2 Å². The van der Waals surface area contributed by atoms with Crippen LogP contribution in [0, 0.1) is 0 Å². The first-order chi connectivity index (χ1) is 11.1. The maximum atomic E-state index is 10.8. The maximum Gasteiger partial charge on any atom is 0.332 e. The summed E-state index contributed by atoms with van der Waals surface area (Å²) in [5.41, 5.74) is 0. The Labute approximate surface area is 140 Å². The van der Waals surface area contributed by atoms with E-state index in [1.54, 1.807) is 0 Å². The van der Waals surface area contributed by atoms with Crippen LogP contribution in [0.2, 0.25) is 0 Å². The van der Waals surface area contributed by atoms with Crippen molar-refractivity contribution < 1.29 is 28.5 Å². The summed E-state index contributed by atoms with van der Waals surface area (Å²) in [5, 5.41) is 0. The minimum Gasteiger partial charge on any atom is -0.464 e. The van der Waals surface area contributed by atoms with Crippen LogP contribution < -0.4 is 0 Å². The highest BCUT2D eigenvalue weighted by Crippen LogP contribution is 1.90. The van der Waals surface area contributed by atoms with Gasteiger partial charge in [-0.3, -0.25) is 0 Å². The molecular formula is C17H34O6. The zero-order valence-electron chi connectivity index (χ0n) is 15.2. The predicted octanol–water partition coefficient (Wildman–Crippen LogP) is 3.12. The van der Waals surface area contributed by atoms with Gasteiger partial charge in [0.2, 0.25) is 0 Å². The van der Waals surface area contributed by atoms with Crippen LogP contribution in [0.25, 0.3) is 0 Å². The molecule has 0 saturated heterocycles. The molecule has 0 aliphatic carbocycles. The molecule has 138 valence electrons. The molecule has 0 unspecified atom stereocenters. The van der Waals surface area contributed by atoms with Gasteiger partial charge in [-0.1, -0.05) is 34.1 Å². The van der Waals surface area contributed by atoms with E-state index < -0.39 is 0 Å². The van der Waals surface area contributed by atoms with Crippen molar-refractivity contribution in [3.8, 4) is 0 Å². The molecule has 0 aliphatic heterocycles. The highest BCUT2D eigenvalue weighted by atomic mass is 16.6. The predicted molar refractivity (Wildman–Crippen MR) is 89.3 cm³/mol. The standard InChI is InChI=1S/C9H18O3.C8H16O3/c1-3-5-7-12-9(10)8-11-6-4-2;1-3-5-10-7-8(9)11-6-4-2/h3-8H2,1-2H3;3-7H2,1-2H3. The number of unbranched alkanes of at least 4 members (excludes halogenated alkanes) is 1. The van der Waals surface area contributed by atoms with Crippen molar-refractivity contribution in [3.63, 3.8) is 0 Å². The summed E-state index contributed by atoms with van der Waals surface area (Å²) in [4.78, 5) is 21.6. The number of hydrogen-bond acceptors (Lipinski definition) is 6. The topological polar surface area (TPSA) is 71.1 Å². The normalized spacial score (nSPS) is 9.74. The summed E-state index contributed by atoms with van der Waals surface area (Å²) in [7, 11) is 0. The average Bonchev–Trinajstić information content (AvgIpc) is 2.54. The van der Waals surface area contributed by atoms with Gasteiger partial charge in [-0.2, -0.15) is 0 Å². The van der Waals surface area contributed by atoms with Gasteiger partial charge in [-0.05, 0) is 25.7 Å². The van der Waals surface area contributed by atoms with Gasteiger partial charge in [-0.25, -0.2) is 9.59 Å². The largest absolute Gasteiger partial charge is 0.464 e. The molecule has 0 spiro atoms. The highest BCUT2D eigenvalue weighted by molar-refractivity contribution is 5.70. The van der Waals surface area contributed by atoms with Crippen molar-refractivity contribution in [3.05, 3.63) is 0 Å². The Morgan fingerprint density at radius 1 is 0.609 bits per heavy atom. The average molecular weight is 334 g/mol. The van der Waals surface area contributed by atoms with Crippen molar-refractivity contribution >= 4 is 11.9 Å². The molecule has 0 aliphatic rings. The van der Waals surface area contributed by atoms with Crippen molar-refractivity contribution in [1.82, 2.24) is 0 Å². The summed E-state index contributed by atoms with van der Waals surface area (Å²) in [6.45, 7) is 10.5. The maximum absolute atomic E-state index is 10.8. The molecule has 0 bridgehead atoms. The third kappa shape index (κ3) is 23.3. The molecule has 6 nitrogen and oxygen atoms in total. The Morgan fingerprint density at radius 3 is 1.43 bits per heavy atom. The van der Waals surface area contributed by atoms with Crippen LogP contribution >= 0.6 is 0 Å². The number of carbonyl (C=O) groups is 2. The summed E-state index contributed by atoms with van der Waals surface area (Å²) in [6.07, 6.45) is 4.70. The Kier molecular flexibility index (Phi) is 21.9. The van der Waals surface area contributed by atoms with Crippen molar-refractivity contribution in [2.75, 3.05) is 39.6 Å². The minimum atomic E-state index is -0.264. The molecule has 0 heterocycles. The summed E-state index contributed by atoms with van der Waals surface area (Å²) < 4.78 is 19.6. The smallest absolute Gasteiger partial charge is 0.332 e. The molecule has 0 amide bonds. The van der Waals surface area contributed by atoms with Crippen LogP contribution in [0.3, 0.4) is 0 Å². The number of hydrogen-bond donors (Lipinski definition) is 0. The molecule has 0 N–H and O–H groups in total. The molecule has 0 aromatic heterocycles. The van der Waals surface area contributed by atoms with Crippen LogP contribution in [-0.2, 0) is 28.5 Å². The molecule has 0 saturated carbocycles. The fraction of sp³-hybridized carbons (Fsp3) is 0.882. The number of carbonyl (C=O) groups excluding carboxylic acids is 2. The van der Waals surface area contributed by atoms with Crippen LogP contribution in [0.1, 0.15) is 59.8 Å². The second-order valence-corrected chi connectivity index (χ2v) is 4.90. The van der Waals surface area contributed by atoms with Gasteiger partial charge < -0.3 is 18.9 Å². The van der Waals surface area contributed by atoms with Gasteiger partial charge >= 0.3 is 11.9 Å². The van der Waals surface area contributed by atoms with Crippen LogP contribution in [-0.4, -0.2) is 51.6 Å². The molecule has 0 atom stereocenters. The Bertz CT molecular complexity index is 256. The highest BCUT2D eigenvalue weighted by Gasteiger charge is 2.01. The van der Waals surface area contributed by atoms with Crippen molar-refractivity contribution in [1.29, 1.82) is 0 Å². The molecule has 0 aromatic carbocycles. The zero-order valence-corrected chi connectivity index (χ0v) is 15.2. The van der Waals surface area contributed by atoms with Crippen LogP contribution in [0.5, 0.6) is 0 Å². The number of ether oxygens (including phenoxy) is 4.